The molecule has 0 atom stereocenters. The molecule has 0 fully saturated rings. The number of hydrogen-bond acceptors (Lipinski definition) is 12. The smallest absolute Gasteiger partial charge is 0.876 e. The third-order valence-electron chi connectivity index (χ3n) is 7.08. The van der Waals surface area contributed by atoms with E-state index in [1.54, 1.807) is 0 Å². The monoisotopic (exact) mass is 1020 g/mol. The molecule has 0 aliphatic rings. The van der Waals surface area contributed by atoms with E-state index in [4.69, 9.17) is 0 Å². The number of ketones is 4. The van der Waals surface area contributed by atoms with E-state index in [9.17, 15) is 60.0 Å². The Bertz CT molecular complexity index is 1650. The van der Waals surface area contributed by atoms with Gasteiger partial charge >= 0.3 is 52.4 Å². The zero-order valence-electron chi connectivity index (χ0n) is 40.5. The van der Waals surface area contributed by atoms with Crippen LogP contribution in [-0.2, 0) is 93.2 Å². The molecule has 0 saturated carbocycles. The van der Waals surface area contributed by atoms with Crippen LogP contribution in [0.15, 0.2) is 71.6 Å². The van der Waals surface area contributed by atoms with Crippen LogP contribution in [0.4, 0.5) is 0 Å². The van der Waals surface area contributed by atoms with Crippen molar-refractivity contribution in [2.24, 2.45) is 0 Å². The fraction of sp³-hybridized carbons (Fsp3) is 0.500. The topological polar surface area (TPSA) is 253 Å². The third kappa shape index (κ3) is 36.9. The van der Waals surface area contributed by atoms with Gasteiger partial charge in [0.1, 0.15) is 0 Å². The van der Waals surface area contributed by atoms with E-state index in [2.05, 4.69) is 0 Å². The zero-order valence-corrected chi connectivity index (χ0v) is 45.4. The predicted octanol–water partition coefficient (Wildman–Crippen LogP) is 4.21. The van der Waals surface area contributed by atoms with Gasteiger partial charge in [0.15, 0.2) is 23.1 Å². The van der Waals surface area contributed by atoms with Crippen LogP contribution in [0.5, 0.6) is 23.0 Å². The van der Waals surface area contributed by atoms with Crippen LogP contribution < -0.4 is 40.9 Å². The summed E-state index contributed by atoms with van der Waals surface area (Å²) < 4.78 is 0. The van der Waals surface area contributed by atoms with Gasteiger partial charge in [-0.25, -0.2) is 0 Å². The molecule has 0 bridgehead atoms. The second-order valence-electron chi connectivity index (χ2n) is 18.2. The molecule has 2 rings (SSSR count). The van der Waals surface area contributed by atoms with Gasteiger partial charge in [0.2, 0.25) is 0 Å². The van der Waals surface area contributed by atoms with Crippen molar-refractivity contribution in [2.75, 3.05) is 0 Å². The summed E-state index contributed by atoms with van der Waals surface area (Å²) in [7, 11) is 0. The normalized spacial score (nSPS) is 11.8. The summed E-state index contributed by atoms with van der Waals surface area (Å²) in [5, 5.41) is 86.8. The third-order valence-corrected chi connectivity index (χ3v) is 7.08. The van der Waals surface area contributed by atoms with Gasteiger partial charge in [-0.05, 0) is 84.8 Å². The Balaban J connectivity index is -0.000000158. The second kappa shape index (κ2) is 31.2. The van der Waals surface area contributed by atoms with Gasteiger partial charge in [0, 0.05) is 0 Å². The van der Waals surface area contributed by atoms with Crippen molar-refractivity contribution >= 4 is 23.1 Å². The van der Waals surface area contributed by atoms with E-state index in [1.807, 2.05) is 95.2 Å². The maximum Gasteiger partial charge on any atom is 4.00 e. The van der Waals surface area contributed by atoms with Gasteiger partial charge in [0.05, 0.1) is 0 Å². The van der Waals surface area contributed by atoms with Crippen molar-refractivity contribution in [2.45, 2.75) is 160 Å². The van der Waals surface area contributed by atoms with Gasteiger partial charge in [0.25, 0.3) is 0 Å². The molecule has 12 nitrogen and oxygen atoms in total. The van der Waals surface area contributed by atoms with Gasteiger partial charge in [-0.2, -0.15) is 0 Å². The summed E-state index contributed by atoms with van der Waals surface area (Å²) in [6.45, 7) is 34.8. The maximum absolute atomic E-state index is 11.8. The Morgan fingerprint density at radius 2 is 0.548 bits per heavy atom. The molecule has 0 aliphatic heterocycles. The largest absolute Gasteiger partial charge is 4.00 e. The average Bonchev–Trinajstić information content (AvgIpc) is 2.96. The average molecular weight is 1020 g/mol. The molecule has 0 unspecified atom stereocenters. The second-order valence-corrected chi connectivity index (χ2v) is 18.2. The molecule has 2 aromatic rings. The molecule has 340 valence electrons. The van der Waals surface area contributed by atoms with Crippen molar-refractivity contribution < 1.29 is 112 Å². The van der Waals surface area contributed by atoms with Crippen LogP contribution in [0.1, 0.15) is 161 Å². The van der Waals surface area contributed by atoms with Gasteiger partial charge in [-0.15, -0.1) is 46.0 Å². The fourth-order valence-corrected chi connectivity index (χ4v) is 4.33. The summed E-state index contributed by atoms with van der Waals surface area (Å²) in [6.07, 6.45) is 4.22. The van der Waals surface area contributed by atoms with E-state index in [0.717, 1.165) is 35.4 Å². The SMILES string of the molecule is CC(=O)/C=C(/C)[O-].CC(=O)/C=C(/C)[O-].CC(=O)/C=C(/C)[O-].CC(=O)/C=C(/C)[O-].CC(C)(C)c1cc([O-])c([O-])c(C(C)(C)C)c1.CC(C)(C)c1cc([O-])c([O-])c(C(C)(C)C)c1.[Zr+4].[Zr+4]. The Morgan fingerprint density at radius 1 is 0.371 bits per heavy atom. The summed E-state index contributed by atoms with van der Waals surface area (Å²) in [5.74, 6) is -3.00. The predicted molar refractivity (Wildman–Crippen MR) is 223 cm³/mol. The van der Waals surface area contributed by atoms with E-state index in [0.29, 0.717) is 11.1 Å². The van der Waals surface area contributed by atoms with Crippen LogP contribution in [0.25, 0.3) is 0 Å². The number of hydrogen-bond donors (Lipinski definition) is 0. The fourth-order valence-electron chi connectivity index (χ4n) is 4.33. The Morgan fingerprint density at radius 3 is 0.645 bits per heavy atom. The van der Waals surface area contributed by atoms with Crippen molar-refractivity contribution in [3.8, 4) is 23.0 Å². The minimum Gasteiger partial charge on any atom is -0.876 e. The van der Waals surface area contributed by atoms with Crippen molar-refractivity contribution in [1.29, 1.82) is 0 Å². The van der Waals surface area contributed by atoms with Crippen LogP contribution in [-0.4, -0.2) is 23.1 Å². The molecule has 0 spiro atoms. The van der Waals surface area contributed by atoms with E-state index >= 15 is 0 Å². The van der Waals surface area contributed by atoms with Gasteiger partial charge in [-0.3, -0.25) is 19.2 Å². The molecule has 0 heterocycles. The summed E-state index contributed by atoms with van der Waals surface area (Å²) in [6, 6.07) is 6.70. The Kier molecular flexibility index (Phi) is 35.1. The number of rotatable bonds is 4. The van der Waals surface area contributed by atoms with Crippen LogP contribution in [0, 0.1) is 0 Å². The first-order valence-electron chi connectivity index (χ1n) is 19.1. The molecule has 0 saturated heterocycles. The molecule has 0 amide bonds. The van der Waals surface area contributed by atoms with E-state index in [1.165, 1.54) is 67.5 Å². The number of benzene rings is 2. The van der Waals surface area contributed by atoms with Gasteiger partial charge < -0.3 is 40.9 Å². The molecule has 0 radical (unpaired) electrons. The molecular formula is C48H68O12Zr2. The molecule has 0 aliphatic carbocycles. The van der Waals surface area contributed by atoms with E-state index in [-0.39, 0.29) is 132 Å². The molecular weight excluding hydrogens is 951 g/mol. The summed E-state index contributed by atoms with van der Waals surface area (Å²) in [4.78, 5) is 39.9. The van der Waals surface area contributed by atoms with Crippen molar-refractivity contribution in [1.82, 2.24) is 0 Å². The van der Waals surface area contributed by atoms with Crippen molar-refractivity contribution in [3.63, 3.8) is 0 Å². The maximum atomic E-state index is 11.8. The summed E-state index contributed by atoms with van der Waals surface area (Å²) in [5.41, 5.74) is 2.33. The minimum atomic E-state index is -0.391. The zero-order chi connectivity index (χ0) is 48.9. The minimum absolute atomic E-state index is 0. The molecule has 0 N–H and O–H groups in total. The summed E-state index contributed by atoms with van der Waals surface area (Å²) >= 11 is 0. The quantitative estimate of drug-likeness (QED) is 0.309. The number of carbonyl (C=O) groups excluding carboxylic acids is 4. The van der Waals surface area contributed by atoms with E-state index < -0.39 is 11.5 Å². The molecule has 14 heteroatoms. The van der Waals surface area contributed by atoms with Gasteiger partial charge in [-0.1, -0.05) is 146 Å². The van der Waals surface area contributed by atoms with Crippen LogP contribution >= 0.6 is 0 Å². The Labute approximate surface area is 409 Å². The molecule has 2 aromatic carbocycles. The standard InChI is InChI=1S/2C14H22O2.4C5H8O2.2Zr/c2*1-13(2,3)9-7-10(14(4,5)6)12(16)11(15)8-9;4*1-4(6)3-5(2)7;;/h2*7-8,15-16H,1-6H3;4*3,6H,1-2H3;;/q;;;;;;2*+4/p-8/b;;4*4-3-;;. The molecule has 0 aromatic heterocycles. The number of carbonyl (C=O) groups is 4. The first kappa shape index (κ1) is 69.9. The first-order chi connectivity index (χ1) is 26.6. The number of allylic oxidation sites excluding steroid dienone is 8. The molecule has 62 heavy (non-hydrogen) atoms. The Hall–Kier alpha value is -3.75. The van der Waals surface area contributed by atoms with Crippen LogP contribution in [0.2, 0.25) is 0 Å². The van der Waals surface area contributed by atoms with Crippen LogP contribution in [0.3, 0.4) is 0 Å². The first-order valence-corrected chi connectivity index (χ1v) is 19.1. The van der Waals surface area contributed by atoms with Crippen molar-refractivity contribution in [3.05, 3.63) is 93.9 Å².